The number of ether oxygens (including phenoxy) is 1. The highest BCUT2D eigenvalue weighted by molar-refractivity contribution is 5.89. The predicted molar refractivity (Wildman–Crippen MR) is 80.7 cm³/mol. The summed E-state index contributed by atoms with van der Waals surface area (Å²) in [4.78, 5) is 18.1. The molecule has 9 heteroatoms. The topological polar surface area (TPSA) is 98.3 Å². The lowest BCUT2D eigenvalue weighted by molar-refractivity contribution is -0.117. The summed E-state index contributed by atoms with van der Waals surface area (Å²) in [7, 11) is 0. The SMILES string of the molecule is Cc1cc(NC(=O)CCN2CCO[C@@H](Cn3cncn3)C2)no1. The molecule has 0 bridgehead atoms. The quantitative estimate of drug-likeness (QED) is 0.817. The lowest BCUT2D eigenvalue weighted by Crippen LogP contribution is -2.45. The van der Waals surface area contributed by atoms with Crippen LogP contribution in [0, 0.1) is 6.92 Å². The molecule has 0 aromatic carbocycles. The predicted octanol–water partition coefficient (Wildman–Crippen LogP) is 0.304. The molecule has 0 radical (unpaired) electrons. The summed E-state index contributed by atoms with van der Waals surface area (Å²) in [5, 5.41) is 10.6. The summed E-state index contributed by atoms with van der Waals surface area (Å²) >= 11 is 0. The summed E-state index contributed by atoms with van der Waals surface area (Å²) < 4.78 is 12.4. The fourth-order valence-corrected chi connectivity index (χ4v) is 2.52. The number of carbonyl (C=O) groups excluding carboxylic acids is 1. The molecule has 2 aromatic rings. The fourth-order valence-electron chi connectivity index (χ4n) is 2.52. The number of anilines is 1. The second-order valence-electron chi connectivity index (χ2n) is 5.53. The van der Waals surface area contributed by atoms with Gasteiger partial charge in [-0.3, -0.25) is 14.4 Å². The molecule has 0 saturated carbocycles. The fraction of sp³-hybridized carbons (Fsp3) is 0.571. The molecule has 2 aromatic heterocycles. The van der Waals surface area contributed by atoms with Gasteiger partial charge in [0.2, 0.25) is 5.91 Å². The number of rotatable bonds is 6. The minimum Gasteiger partial charge on any atom is -0.374 e. The Kier molecular flexibility index (Phi) is 4.99. The van der Waals surface area contributed by atoms with Gasteiger partial charge in [0.25, 0.3) is 0 Å². The van der Waals surface area contributed by atoms with E-state index in [0.29, 0.717) is 37.7 Å². The van der Waals surface area contributed by atoms with Crippen LogP contribution in [-0.4, -0.2) is 63.1 Å². The maximum atomic E-state index is 11.9. The second-order valence-corrected chi connectivity index (χ2v) is 5.53. The van der Waals surface area contributed by atoms with Gasteiger partial charge in [-0.1, -0.05) is 5.16 Å². The Morgan fingerprint density at radius 1 is 1.52 bits per heavy atom. The van der Waals surface area contributed by atoms with E-state index in [-0.39, 0.29) is 12.0 Å². The van der Waals surface area contributed by atoms with Gasteiger partial charge in [-0.15, -0.1) is 0 Å². The Balaban J connectivity index is 1.41. The molecule has 23 heavy (non-hydrogen) atoms. The van der Waals surface area contributed by atoms with Crippen LogP contribution in [0.3, 0.4) is 0 Å². The van der Waals surface area contributed by atoms with Crippen molar-refractivity contribution in [2.75, 3.05) is 31.6 Å². The van der Waals surface area contributed by atoms with Gasteiger partial charge < -0.3 is 14.6 Å². The van der Waals surface area contributed by atoms with Crippen molar-refractivity contribution in [3.63, 3.8) is 0 Å². The number of hydrogen-bond acceptors (Lipinski definition) is 7. The highest BCUT2D eigenvalue weighted by Gasteiger charge is 2.21. The summed E-state index contributed by atoms with van der Waals surface area (Å²) in [6.45, 7) is 5.39. The van der Waals surface area contributed by atoms with Crippen LogP contribution in [0.2, 0.25) is 0 Å². The van der Waals surface area contributed by atoms with Gasteiger partial charge in [-0.25, -0.2) is 4.98 Å². The van der Waals surface area contributed by atoms with Gasteiger partial charge in [0, 0.05) is 32.1 Å². The van der Waals surface area contributed by atoms with Gasteiger partial charge in [0.05, 0.1) is 19.3 Å². The molecule has 0 unspecified atom stereocenters. The van der Waals surface area contributed by atoms with Gasteiger partial charge >= 0.3 is 0 Å². The summed E-state index contributed by atoms with van der Waals surface area (Å²) in [6, 6.07) is 1.70. The highest BCUT2D eigenvalue weighted by Crippen LogP contribution is 2.10. The van der Waals surface area contributed by atoms with E-state index < -0.39 is 0 Å². The molecule has 1 atom stereocenters. The third-order valence-electron chi connectivity index (χ3n) is 3.63. The van der Waals surface area contributed by atoms with Crippen LogP contribution in [0.15, 0.2) is 23.2 Å². The van der Waals surface area contributed by atoms with Gasteiger partial charge in [0.15, 0.2) is 5.82 Å². The van der Waals surface area contributed by atoms with Crippen LogP contribution in [0.1, 0.15) is 12.2 Å². The normalized spacial score (nSPS) is 18.9. The van der Waals surface area contributed by atoms with Crippen LogP contribution in [-0.2, 0) is 16.1 Å². The first-order chi connectivity index (χ1) is 11.2. The molecular formula is C14H20N6O3. The lowest BCUT2D eigenvalue weighted by Gasteiger charge is -2.32. The molecular weight excluding hydrogens is 300 g/mol. The van der Waals surface area contributed by atoms with E-state index in [2.05, 4.69) is 25.5 Å². The van der Waals surface area contributed by atoms with E-state index in [9.17, 15) is 4.79 Å². The van der Waals surface area contributed by atoms with Crippen molar-refractivity contribution in [2.45, 2.75) is 26.0 Å². The molecule has 1 aliphatic heterocycles. The smallest absolute Gasteiger partial charge is 0.226 e. The van der Waals surface area contributed by atoms with Crippen LogP contribution < -0.4 is 5.32 Å². The zero-order valence-electron chi connectivity index (χ0n) is 13.0. The minimum atomic E-state index is -0.0716. The Morgan fingerprint density at radius 2 is 2.43 bits per heavy atom. The number of carbonyl (C=O) groups is 1. The molecule has 9 nitrogen and oxygen atoms in total. The van der Waals surface area contributed by atoms with Crippen molar-refractivity contribution in [3.8, 4) is 0 Å². The Morgan fingerprint density at radius 3 is 3.17 bits per heavy atom. The zero-order valence-corrected chi connectivity index (χ0v) is 13.0. The number of morpholine rings is 1. The summed E-state index contributed by atoms with van der Waals surface area (Å²) in [6.07, 6.45) is 3.65. The number of aromatic nitrogens is 4. The van der Waals surface area contributed by atoms with Gasteiger partial charge in [-0.05, 0) is 6.92 Å². The van der Waals surface area contributed by atoms with Crippen LogP contribution >= 0.6 is 0 Å². The largest absolute Gasteiger partial charge is 0.374 e. The Labute approximate surface area is 133 Å². The Bertz CT molecular complexity index is 626. The maximum absolute atomic E-state index is 11.9. The van der Waals surface area contributed by atoms with Crippen LogP contribution in [0.5, 0.6) is 0 Å². The number of nitrogens with zero attached hydrogens (tertiary/aromatic N) is 5. The van der Waals surface area contributed by atoms with Gasteiger partial charge in [-0.2, -0.15) is 5.10 Å². The summed E-state index contributed by atoms with van der Waals surface area (Å²) in [5.74, 6) is 1.06. The lowest BCUT2D eigenvalue weighted by atomic mass is 10.2. The molecule has 1 aliphatic rings. The molecule has 1 N–H and O–H groups in total. The minimum absolute atomic E-state index is 0.0618. The van der Waals surface area contributed by atoms with Crippen molar-refractivity contribution >= 4 is 11.7 Å². The number of nitrogens with one attached hydrogen (secondary N) is 1. The first-order valence-corrected chi connectivity index (χ1v) is 7.58. The zero-order chi connectivity index (χ0) is 16.1. The van der Waals surface area contributed by atoms with Crippen LogP contribution in [0.4, 0.5) is 5.82 Å². The average Bonchev–Trinajstić information content (AvgIpc) is 3.18. The van der Waals surface area contributed by atoms with E-state index in [1.807, 2.05) is 0 Å². The molecule has 3 rings (SSSR count). The standard InChI is InChI=1S/C14H20N6O3/c1-11-6-13(18-23-11)17-14(21)2-3-19-4-5-22-12(7-19)8-20-10-15-9-16-20/h6,9-10,12H,2-5,7-8H2,1H3,(H,17,18,21)/t12-/m1/s1. The maximum Gasteiger partial charge on any atom is 0.226 e. The molecule has 0 aliphatic carbocycles. The second kappa shape index (κ2) is 7.34. The molecule has 124 valence electrons. The van der Waals surface area contributed by atoms with Crippen molar-refractivity contribution in [3.05, 3.63) is 24.5 Å². The number of hydrogen-bond donors (Lipinski definition) is 1. The molecule has 0 spiro atoms. The monoisotopic (exact) mass is 320 g/mol. The molecule has 1 saturated heterocycles. The van der Waals surface area contributed by atoms with E-state index in [1.54, 1.807) is 24.0 Å². The van der Waals surface area contributed by atoms with Crippen LogP contribution in [0.25, 0.3) is 0 Å². The molecule has 3 heterocycles. The first kappa shape index (κ1) is 15.6. The van der Waals surface area contributed by atoms with Crippen molar-refractivity contribution in [1.29, 1.82) is 0 Å². The third-order valence-corrected chi connectivity index (χ3v) is 3.63. The number of aryl methyl sites for hydroxylation is 1. The highest BCUT2D eigenvalue weighted by atomic mass is 16.5. The van der Waals surface area contributed by atoms with E-state index in [4.69, 9.17) is 9.26 Å². The summed E-state index contributed by atoms with van der Waals surface area (Å²) in [5.41, 5.74) is 0. The van der Waals surface area contributed by atoms with Crippen molar-refractivity contribution < 1.29 is 14.1 Å². The van der Waals surface area contributed by atoms with E-state index in [0.717, 1.165) is 13.1 Å². The molecule has 1 amide bonds. The molecule has 1 fully saturated rings. The third kappa shape index (κ3) is 4.60. The van der Waals surface area contributed by atoms with Gasteiger partial charge in [0.1, 0.15) is 18.4 Å². The van der Waals surface area contributed by atoms with Crippen molar-refractivity contribution in [1.82, 2.24) is 24.8 Å². The first-order valence-electron chi connectivity index (χ1n) is 7.58. The Hall–Kier alpha value is -2.26. The number of amides is 1. The van der Waals surface area contributed by atoms with Crippen molar-refractivity contribution in [2.24, 2.45) is 0 Å². The van der Waals surface area contributed by atoms with E-state index >= 15 is 0 Å². The average molecular weight is 320 g/mol. The van der Waals surface area contributed by atoms with E-state index in [1.165, 1.54) is 6.33 Å².